The van der Waals surface area contributed by atoms with E-state index in [2.05, 4.69) is 0 Å². The van der Waals surface area contributed by atoms with E-state index in [1.54, 1.807) is 0 Å². The van der Waals surface area contributed by atoms with E-state index in [0.717, 1.165) is 31.5 Å². The summed E-state index contributed by atoms with van der Waals surface area (Å²) in [6, 6.07) is 7.71. The van der Waals surface area contributed by atoms with Crippen LogP contribution in [-0.2, 0) is 10.2 Å². The largest absolute Gasteiger partial charge is 0.342 e. The van der Waals surface area contributed by atoms with Gasteiger partial charge in [-0.2, -0.15) is 0 Å². The van der Waals surface area contributed by atoms with Crippen molar-refractivity contribution < 1.29 is 4.79 Å². The monoisotopic (exact) mass is 308 g/mol. The second kappa shape index (κ2) is 6.37. The predicted octanol–water partition coefficient (Wildman–Crippen LogP) is 3.20. The van der Waals surface area contributed by atoms with Crippen LogP contribution in [0.3, 0.4) is 0 Å². The smallest absolute Gasteiger partial charge is 0.233 e. The molecule has 4 heteroatoms. The van der Waals surface area contributed by atoms with Gasteiger partial charge in [-0.25, -0.2) is 0 Å². The molecule has 3 atom stereocenters. The van der Waals surface area contributed by atoms with Crippen molar-refractivity contribution in [1.82, 2.24) is 4.90 Å². The fourth-order valence-electron chi connectivity index (χ4n) is 3.62. The fourth-order valence-corrected chi connectivity index (χ4v) is 3.81. The molecule has 1 fully saturated rings. The Balaban J connectivity index is 2.48. The molecule has 21 heavy (non-hydrogen) atoms. The maximum Gasteiger partial charge on any atom is 0.233 e. The van der Waals surface area contributed by atoms with E-state index in [1.807, 2.05) is 49.9 Å². The summed E-state index contributed by atoms with van der Waals surface area (Å²) in [5.74, 6) is 0.382. The standard InChI is InChI=1S/C17H25ClN2O/c1-4-20(5-2)16(21)17(10-9-15(17)12(3)19)13-7-6-8-14(18)11-13/h6-8,11-12,15H,4-5,9-10,19H2,1-3H3/t12?,15-,17+/m0/s1. The summed E-state index contributed by atoms with van der Waals surface area (Å²) in [5.41, 5.74) is 6.69. The number of hydrogen-bond donors (Lipinski definition) is 1. The minimum atomic E-state index is -0.495. The molecule has 0 aromatic heterocycles. The van der Waals surface area contributed by atoms with Gasteiger partial charge in [0.1, 0.15) is 0 Å². The second-order valence-corrected chi connectivity index (χ2v) is 6.40. The van der Waals surface area contributed by atoms with Crippen molar-refractivity contribution in [1.29, 1.82) is 0 Å². The molecular weight excluding hydrogens is 284 g/mol. The van der Waals surface area contributed by atoms with E-state index in [4.69, 9.17) is 17.3 Å². The molecule has 1 saturated carbocycles. The average molecular weight is 309 g/mol. The van der Waals surface area contributed by atoms with Crippen molar-refractivity contribution in [2.75, 3.05) is 13.1 Å². The van der Waals surface area contributed by atoms with Crippen LogP contribution in [0.4, 0.5) is 0 Å². The van der Waals surface area contributed by atoms with Crippen LogP contribution in [0.2, 0.25) is 5.02 Å². The molecule has 1 unspecified atom stereocenters. The highest BCUT2D eigenvalue weighted by Crippen LogP contribution is 2.51. The van der Waals surface area contributed by atoms with E-state index in [0.29, 0.717) is 5.02 Å². The highest BCUT2D eigenvalue weighted by Gasteiger charge is 2.56. The molecule has 0 saturated heterocycles. The van der Waals surface area contributed by atoms with Crippen LogP contribution in [-0.4, -0.2) is 29.9 Å². The molecule has 0 bridgehead atoms. The lowest BCUT2D eigenvalue weighted by atomic mass is 9.54. The first kappa shape index (κ1) is 16.3. The molecule has 1 amide bonds. The molecular formula is C17H25ClN2O. The van der Waals surface area contributed by atoms with Crippen molar-refractivity contribution in [3.8, 4) is 0 Å². The third-order valence-corrected chi connectivity index (χ3v) is 5.12. The molecule has 2 rings (SSSR count). The molecule has 116 valence electrons. The van der Waals surface area contributed by atoms with Crippen molar-refractivity contribution in [2.24, 2.45) is 11.7 Å². The Morgan fingerprint density at radius 2 is 2.14 bits per heavy atom. The average Bonchev–Trinajstić information content (AvgIpc) is 2.39. The van der Waals surface area contributed by atoms with Gasteiger partial charge < -0.3 is 10.6 Å². The summed E-state index contributed by atoms with van der Waals surface area (Å²) in [4.78, 5) is 15.1. The van der Waals surface area contributed by atoms with Crippen LogP contribution in [0, 0.1) is 5.92 Å². The Morgan fingerprint density at radius 3 is 2.57 bits per heavy atom. The first-order valence-electron chi connectivity index (χ1n) is 7.78. The number of benzene rings is 1. The quantitative estimate of drug-likeness (QED) is 0.908. The summed E-state index contributed by atoms with van der Waals surface area (Å²) >= 11 is 6.16. The molecule has 1 aromatic rings. The molecule has 3 nitrogen and oxygen atoms in total. The Bertz CT molecular complexity index is 513. The van der Waals surface area contributed by atoms with E-state index in [1.165, 1.54) is 0 Å². The number of amides is 1. The van der Waals surface area contributed by atoms with Gasteiger partial charge in [0.05, 0.1) is 5.41 Å². The normalized spacial score (nSPS) is 26.0. The Labute approximate surface area is 132 Å². The third-order valence-electron chi connectivity index (χ3n) is 4.89. The lowest BCUT2D eigenvalue weighted by Gasteiger charge is -2.52. The van der Waals surface area contributed by atoms with Gasteiger partial charge in [0.2, 0.25) is 5.91 Å². The molecule has 0 spiro atoms. The summed E-state index contributed by atoms with van der Waals surface area (Å²) in [6.07, 6.45) is 1.85. The molecule has 2 N–H and O–H groups in total. The Kier molecular flexibility index (Phi) is 4.95. The first-order valence-corrected chi connectivity index (χ1v) is 8.16. The fraction of sp³-hybridized carbons (Fsp3) is 0.588. The van der Waals surface area contributed by atoms with E-state index in [9.17, 15) is 4.79 Å². The van der Waals surface area contributed by atoms with Gasteiger partial charge in [-0.05, 0) is 57.2 Å². The minimum absolute atomic E-state index is 0.00255. The number of likely N-dealkylation sites (N-methyl/N-ethyl adjacent to an activating group) is 1. The molecule has 0 heterocycles. The number of rotatable bonds is 5. The first-order chi connectivity index (χ1) is 9.97. The zero-order valence-corrected chi connectivity index (χ0v) is 13.9. The third kappa shape index (κ3) is 2.69. The highest BCUT2D eigenvalue weighted by atomic mass is 35.5. The van der Waals surface area contributed by atoms with Gasteiger partial charge in [-0.3, -0.25) is 4.79 Å². The lowest BCUT2D eigenvalue weighted by Crippen LogP contribution is -2.60. The summed E-state index contributed by atoms with van der Waals surface area (Å²) in [7, 11) is 0. The number of hydrogen-bond acceptors (Lipinski definition) is 2. The number of nitrogens with zero attached hydrogens (tertiary/aromatic N) is 1. The van der Waals surface area contributed by atoms with Gasteiger partial charge in [0.25, 0.3) is 0 Å². The van der Waals surface area contributed by atoms with Crippen LogP contribution < -0.4 is 5.73 Å². The molecule has 1 aliphatic rings. The van der Waals surface area contributed by atoms with E-state index < -0.39 is 5.41 Å². The van der Waals surface area contributed by atoms with Crippen LogP contribution >= 0.6 is 11.6 Å². The zero-order valence-electron chi connectivity index (χ0n) is 13.1. The van der Waals surface area contributed by atoms with Gasteiger partial charge in [-0.15, -0.1) is 0 Å². The molecule has 0 radical (unpaired) electrons. The van der Waals surface area contributed by atoms with Gasteiger partial charge in [-0.1, -0.05) is 23.7 Å². The number of nitrogens with two attached hydrogens (primary N) is 1. The second-order valence-electron chi connectivity index (χ2n) is 5.96. The summed E-state index contributed by atoms with van der Waals surface area (Å²) in [5, 5.41) is 0.676. The van der Waals surface area contributed by atoms with Crippen LogP contribution in [0.5, 0.6) is 0 Å². The topological polar surface area (TPSA) is 46.3 Å². The van der Waals surface area contributed by atoms with Crippen LogP contribution in [0.15, 0.2) is 24.3 Å². The lowest BCUT2D eigenvalue weighted by molar-refractivity contribution is -0.145. The Morgan fingerprint density at radius 1 is 1.48 bits per heavy atom. The van der Waals surface area contributed by atoms with Gasteiger partial charge in [0.15, 0.2) is 0 Å². The predicted molar refractivity (Wildman–Crippen MR) is 87.4 cm³/mol. The Hall–Kier alpha value is -1.06. The van der Waals surface area contributed by atoms with Crippen molar-refractivity contribution in [3.63, 3.8) is 0 Å². The van der Waals surface area contributed by atoms with Crippen molar-refractivity contribution in [3.05, 3.63) is 34.9 Å². The zero-order chi connectivity index (χ0) is 15.6. The number of carbonyl (C=O) groups is 1. The summed E-state index contributed by atoms with van der Waals surface area (Å²) in [6.45, 7) is 7.49. The van der Waals surface area contributed by atoms with Crippen molar-refractivity contribution >= 4 is 17.5 Å². The van der Waals surface area contributed by atoms with Crippen LogP contribution in [0.1, 0.15) is 39.2 Å². The minimum Gasteiger partial charge on any atom is -0.342 e. The maximum atomic E-state index is 13.2. The highest BCUT2D eigenvalue weighted by molar-refractivity contribution is 6.30. The number of carbonyl (C=O) groups excluding carboxylic acids is 1. The molecule has 1 aliphatic carbocycles. The summed E-state index contributed by atoms with van der Waals surface area (Å²) < 4.78 is 0. The number of halogens is 1. The molecule has 1 aromatic carbocycles. The van der Waals surface area contributed by atoms with E-state index in [-0.39, 0.29) is 17.9 Å². The maximum absolute atomic E-state index is 13.2. The SMILES string of the molecule is CCN(CC)C(=O)[C@@]1(c2cccc(Cl)c2)CC[C@H]1C(C)N. The van der Waals surface area contributed by atoms with E-state index >= 15 is 0 Å². The van der Waals surface area contributed by atoms with Crippen molar-refractivity contribution in [2.45, 2.75) is 45.1 Å². The van der Waals surface area contributed by atoms with Gasteiger partial charge >= 0.3 is 0 Å². The molecule has 0 aliphatic heterocycles. The van der Waals surface area contributed by atoms with Gasteiger partial charge in [0, 0.05) is 24.2 Å². The van der Waals surface area contributed by atoms with Crippen LogP contribution in [0.25, 0.3) is 0 Å².